The summed E-state index contributed by atoms with van der Waals surface area (Å²) in [6.07, 6.45) is 0.220. The topological polar surface area (TPSA) is 65.8 Å². The molecule has 1 fully saturated rings. The summed E-state index contributed by atoms with van der Waals surface area (Å²) in [7, 11) is 3.15. The highest BCUT2D eigenvalue weighted by Gasteiger charge is 2.39. The van der Waals surface area contributed by atoms with Crippen LogP contribution in [0.1, 0.15) is 23.5 Å². The molecular formula is C23H23N3O3S. The van der Waals surface area contributed by atoms with Crippen molar-refractivity contribution >= 4 is 23.4 Å². The lowest BCUT2D eigenvalue weighted by Crippen LogP contribution is -2.47. The van der Waals surface area contributed by atoms with Gasteiger partial charge in [-0.15, -0.1) is 0 Å². The molecule has 0 N–H and O–H groups in total. The number of nitriles is 1. The van der Waals surface area contributed by atoms with E-state index in [0.717, 1.165) is 16.3 Å². The zero-order valence-corrected chi connectivity index (χ0v) is 18.0. The van der Waals surface area contributed by atoms with Crippen molar-refractivity contribution in [2.75, 3.05) is 31.7 Å². The van der Waals surface area contributed by atoms with Crippen molar-refractivity contribution in [1.29, 1.82) is 5.26 Å². The third-order valence-corrected chi connectivity index (χ3v) is 6.66. The number of carbonyl (C=O) groups excluding carboxylic acids is 1. The third-order valence-electron chi connectivity index (χ3n) is 5.50. The summed E-state index contributed by atoms with van der Waals surface area (Å²) in [5.41, 5.74) is 3.67. The van der Waals surface area contributed by atoms with Gasteiger partial charge in [-0.05, 0) is 25.1 Å². The van der Waals surface area contributed by atoms with Crippen LogP contribution in [0.3, 0.4) is 0 Å². The number of para-hydroxylation sites is 1. The second kappa shape index (κ2) is 8.33. The molecule has 2 aromatic rings. The first-order valence-electron chi connectivity index (χ1n) is 9.67. The van der Waals surface area contributed by atoms with Crippen molar-refractivity contribution in [1.82, 2.24) is 4.90 Å². The standard InChI is InChI=1S/C23H23N3O3S/c1-15-7-9-16(10-8-15)25-13-26-21(27)11-18(19(12-24)23(26)30-14-25)17-5-4-6-20(28-2)22(17)29-3/h4-10,18H,11,13-14H2,1-3H3/t18-/m1/s1. The Morgan fingerprint density at radius 2 is 1.90 bits per heavy atom. The molecule has 154 valence electrons. The van der Waals surface area contributed by atoms with Gasteiger partial charge in [-0.25, -0.2) is 0 Å². The molecule has 2 aliphatic heterocycles. The predicted octanol–water partition coefficient (Wildman–Crippen LogP) is 4.23. The largest absolute Gasteiger partial charge is 0.493 e. The van der Waals surface area contributed by atoms with Gasteiger partial charge in [0.05, 0.1) is 43.4 Å². The summed E-state index contributed by atoms with van der Waals surface area (Å²) in [6.45, 7) is 2.49. The van der Waals surface area contributed by atoms with Crippen LogP contribution in [0, 0.1) is 18.3 Å². The van der Waals surface area contributed by atoms with Gasteiger partial charge in [0.2, 0.25) is 5.91 Å². The minimum absolute atomic E-state index is 0.00295. The summed E-state index contributed by atoms with van der Waals surface area (Å²) in [6, 6.07) is 16.2. The summed E-state index contributed by atoms with van der Waals surface area (Å²) >= 11 is 1.53. The summed E-state index contributed by atoms with van der Waals surface area (Å²) < 4.78 is 11.0. The van der Waals surface area contributed by atoms with Gasteiger partial charge < -0.3 is 14.4 Å². The number of methoxy groups -OCH3 is 2. The maximum atomic E-state index is 13.1. The highest BCUT2D eigenvalue weighted by atomic mass is 32.2. The average Bonchev–Trinajstić information content (AvgIpc) is 2.78. The van der Waals surface area contributed by atoms with Crippen molar-refractivity contribution in [3.8, 4) is 17.6 Å². The fourth-order valence-electron chi connectivity index (χ4n) is 3.93. The minimum Gasteiger partial charge on any atom is -0.493 e. The molecule has 0 aromatic heterocycles. The van der Waals surface area contributed by atoms with Gasteiger partial charge in [0, 0.05) is 23.6 Å². The van der Waals surface area contributed by atoms with Crippen LogP contribution in [0.25, 0.3) is 0 Å². The molecular weight excluding hydrogens is 398 g/mol. The Morgan fingerprint density at radius 1 is 1.13 bits per heavy atom. The lowest BCUT2D eigenvalue weighted by Gasteiger charge is -2.42. The maximum absolute atomic E-state index is 13.1. The van der Waals surface area contributed by atoms with Crippen LogP contribution in [0.15, 0.2) is 53.1 Å². The van der Waals surface area contributed by atoms with Crippen LogP contribution in [0.4, 0.5) is 5.69 Å². The van der Waals surface area contributed by atoms with E-state index in [9.17, 15) is 10.1 Å². The van der Waals surface area contributed by atoms with E-state index in [0.29, 0.717) is 29.6 Å². The fourth-order valence-corrected chi connectivity index (χ4v) is 5.10. The minimum atomic E-state index is -0.350. The zero-order chi connectivity index (χ0) is 21.3. The molecule has 0 spiro atoms. The Balaban J connectivity index is 1.70. The van der Waals surface area contributed by atoms with Crippen LogP contribution >= 0.6 is 11.8 Å². The van der Waals surface area contributed by atoms with Crippen LogP contribution in [0.5, 0.6) is 11.5 Å². The lowest BCUT2D eigenvalue weighted by molar-refractivity contribution is -0.129. The molecule has 0 saturated carbocycles. The van der Waals surface area contributed by atoms with Gasteiger partial charge in [0.1, 0.15) is 0 Å². The molecule has 7 heteroatoms. The molecule has 1 atom stereocenters. The third kappa shape index (κ3) is 3.48. The Bertz CT molecular complexity index is 1040. The first-order valence-corrected chi connectivity index (χ1v) is 10.7. The molecule has 1 amide bonds. The van der Waals surface area contributed by atoms with Crippen LogP contribution < -0.4 is 14.4 Å². The average molecular weight is 422 g/mol. The van der Waals surface area contributed by atoms with Crippen molar-refractivity contribution in [2.24, 2.45) is 0 Å². The molecule has 0 aliphatic carbocycles. The number of rotatable bonds is 4. The lowest BCUT2D eigenvalue weighted by atomic mass is 9.85. The van der Waals surface area contributed by atoms with E-state index in [1.54, 1.807) is 19.1 Å². The number of amides is 1. The number of aryl methyl sites for hydroxylation is 1. The maximum Gasteiger partial charge on any atom is 0.229 e. The number of hydrogen-bond acceptors (Lipinski definition) is 6. The Hall–Kier alpha value is -3.11. The van der Waals surface area contributed by atoms with E-state index in [4.69, 9.17) is 9.47 Å². The molecule has 6 nitrogen and oxygen atoms in total. The Kier molecular flexibility index (Phi) is 5.60. The molecule has 2 aliphatic rings. The smallest absolute Gasteiger partial charge is 0.229 e. The molecule has 2 heterocycles. The fraction of sp³-hybridized carbons (Fsp3) is 0.304. The first kappa shape index (κ1) is 20.2. The van der Waals surface area contributed by atoms with E-state index >= 15 is 0 Å². The SMILES string of the molecule is COc1cccc([C@H]2CC(=O)N3CN(c4ccc(C)cc4)CSC3=C2C#N)c1OC. The number of thioether (sulfide) groups is 1. The number of anilines is 1. The second-order valence-electron chi connectivity index (χ2n) is 7.28. The number of ether oxygens (including phenoxy) is 2. The van der Waals surface area contributed by atoms with Crippen molar-refractivity contribution in [2.45, 2.75) is 19.3 Å². The van der Waals surface area contributed by atoms with E-state index in [2.05, 4.69) is 42.2 Å². The molecule has 1 saturated heterocycles. The van der Waals surface area contributed by atoms with Gasteiger partial charge in [-0.2, -0.15) is 5.26 Å². The number of nitrogens with zero attached hydrogens (tertiary/aromatic N) is 3. The predicted molar refractivity (Wildman–Crippen MR) is 117 cm³/mol. The zero-order valence-electron chi connectivity index (χ0n) is 17.2. The number of carbonyl (C=O) groups is 1. The molecule has 0 unspecified atom stereocenters. The van der Waals surface area contributed by atoms with Crippen molar-refractivity contribution < 1.29 is 14.3 Å². The summed E-state index contributed by atoms with van der Waals surface area (Å²) in [5, 5.41) is 10.7. The quantitative estimate of drug-likeness (QED) is 0.736. The summed E-state index contributed by atoms with van der Waals surface area (Å²) in [4.78, 5) is 17.0. The molecule has 2 aromatic carbocycles. The first-order chi connectivity index (χ1) is 14.6. The molecule has 0 bridgehead atoms. The van der Waals surface area contributed by atoms with Crippen molar-refractivity contribution in [3.63, 3.8) is 0 Å². The van der Waals surface area contributed by atoms with Gasteiger partial charge in [0.15, 0.2) is 11.5 Å². The van der Waals surface area contributed by atoms with E-state index in [1.165, 1.54) is 17.3 Å². The number of allylic oxidation sites excluding steroid dienone is 1. The molecule has 4 rings (SSSR count). The highest BCUT2D eigenvalue weighted by molar-refractivity contribution is 8.03. The molecule has 0 radical (unpaired) electrons. The van der Waals surface area contributed by atoms with E-state index < -0.39 is 0 Å². The number of benzene rings is 2. The van der Waals surface area contributed by atoms with Crippen LogP contribution in [-0.4, -0.2) is 37.6 Å². The monoisotopic (exact) mass is 421 g/mol. The Morgan fingerprint density at radius 3 is 2.57 bits per heavy atom. The second-order valence-corrected chi connectivity index (χ2v) is 8.22. The van der Waals surface area contributed by atoms with E-state index in [-0.39, 0.29) is 18.2 Å². The van der Waals surface area contributed by atoms with Gasteiger partial charge in [-0.3, -0.25) is 9.69 Å². The van der Waals surface area contributed by atoms with Gasteiger partial charge in [-0.1, -0.05) is 41.6 Å². The van der Waals surface area contributed by atoms with Gasteiger partial charge >= 0.3 is 0 Å². The highest BCUT2D eigenvalue weighted by Crippen LogP contribution is 2.47. The number of fused-ring (bicyclic) bond motifs is 1. The van der Waals surface area contributed by atoms with Crippen molar-refractivity contribution in [3.05, 3.63) is 64.2 Å². The van der Waals surface area contributed by atoms with E-state index in [1.807, 2.05) is 18.2 Å². The molecule has 30 heavy (non-hydrogen) atoms. The van der Waals surface area contributed by atoms with Crippen LogP contribution in [-0.2, 0) is 4.79 Å². The Labute approximate surface area is 180 Å². The van der Waals surface area contributed by atoms with Gasteiger partial charge in [0.25, 0.3) is 0 Å². The van der Waals surface area contributed by atoms with Crippen LogP contribution in [0.2, 0.25) is 0 Å². The normalized spacial score (nSPS) is 18.7. The summed E-state index contributed by atoms with van der Waals surface area (Å²) in [5.74, 6) is 1.49. The number of hydrogen-bond donors (Lipinski definition) is 0.